The number of aryl methyl sites for hydroxylation is 1. The van der Waals surface area contributed by atoms with Crippen molar-refractivity contribution in [1.82, 2.24) is 0 Å². The lowest BCUT2D eigenvalue weighted by Gasteiger charge is -2.20. The van der Waals surface area contributed by atoms with Gasteiger partial charge in [0.1, 0.15) is 0 Å². The fraction of sp³-hybridized carbons (Fsp3) is 0.250. The van der Waals surface area contributed by atoms with Crippen LogP contribution in [0.3, 0.4) is 0 Å². The lowest BCUT2D eigenvalue weighted by molar-refractivity contribution is 0.955. The molecule has 0 radical (unpaired) electrons. The first-order chi connectivity index (χ1) is 8.83. The van der Waals surface area contributed by atoms with Gasteiger partial charge in [-0.05, 0) is 68.4 Å². The first kappa shape index (κ1) is 12.3. The minimum absolute atomic E-state index is 0.905. The van der Waals surface area contributed by atoms with Crippen LogP contribution in [0.5, 0.6) is 0 Å². The maximum absolute atomic E-state index is 4.42. The van der Waals surface area contributed by atoms with Gasteiger partial charge < -0.3 is 0 Å². The number of allylic oxidation sites excluding steroid dienone is 1. The molecule has 92 valence electrons. The van der Waals surface area contributed by atoms with Gasteiger partial charge in [-0.25, -0.2) is 0 Å². The molecule has 18 heavy (non-hydrogen) atoms. The Morgan fingerprint density at radius 1 is 1.17 bits per heavy atom. The molecule has 2 aromatic rings. The van der Waals surface area contributed by atoms with Crippen LogP contribution in [0, 0.1) is 0 Å². The summed E-state index contributed by atoms with van der Waals surface area (Å²) in [6.07, 6.45) is 7.88. The second-order valence-corrected chi connectivity index (χ2v) is 5.89. The third-order valence-corrected chi connectivity index (χ3v) is 4.70. The highest BCUT2D eigenvalue weighted by atomic mass is 79.9. The van der Waals surface area contributed by atoms with Crippen molar-refractivity contribution in [2.75, 3.05) is 5.75 Å². The van der Waals surface area contributed by atoms with E-state index < -0.39 is 0 Å². The average molecular weight is 319 g/mol. The Kier molecular flexibility index (Phi) is 3.49. The van der Waals surface area contributed by atoms with E-state index >= 15 is 0 Å². The first-order valence-corrected chi connectivity index (χ1v) is 7.75. The highest BCUT2D eigenvalue weighted by molar-refractivity contribution is 9.10. The Hall–Kier alpha value is -0.730. The molecule has 2 heteroatoms. The van der Waals surface area contributed by atoms with Gasteiger partial charge in [-0.1, -0.05) is 36.4 Å². The summed E-state index contributed by atoms with van der Waals surface area (Å²) < 4.78 is 1.24. The summed E-state index contributed by atoms with van der Waals surface area (Å²) in [7, 11) is 0. The van der Waals surface area contributed by atoms with Gasteiger partial charge in [0.15, 0.2) is 0 Å². The number of benzene rings is 2. The highest BCUT2D eigenvalue weighted by Crippen LogP contribution is 2.38. The molecule has 0 bridgehead atoms. The van der Waals surface area contributed by atoms with Crippen LogP contribution in [0.1, 0.15) is 23.1 Å². The largest absolute Gasteiger partial charge is 0.179 e. The number of hydrogen-bond donors (Lipinski definition) is 1. The van der Waals surface area contributed by atoms with E-state index in [2.05, 4.69) is 65.0 Å². The van der Waals surface area contributed by atoms with Crippen molar-refractivity contribution in [1.29, 1.82) is 0 Å². The Labute approximate surface area is 122 Å². The molecule has 0 heterocycles. The Morgan fingerprint density at radius 2 is 1.94 bits per heavy atom. The molecule has 0 saturated heterocycles. The molecular formula is C16H15BrS. The quantitative estimate of drug-likeness (QED) is 0.737. The second-order valence-electron chi connectivity index (χ2n) is 4.64. The predicted molar refractivity (Wildman–Crippen MR) is 86.6 cm³/mol. The first-order valence-electron chi connectivity index (χ1n) is 6.32. The van der Waals surface area contributed by atoms with E-state index in [0.29, 0.717) is 0 Å². The minimum atomic E-state index is 0.905. The number of fused-ring (bicyclic) bond motifs is 2. The average Bonchev–Trinajstić information content (AvgIpc) is 2.43. The van der Waals surface area contributed by atoms with Crippen LogP contribution in [-0.4, -0.2) is 5.75 Å². The van der Waals surface area contributed by atoms with E-state index in [1.807, 2.05) is 0 Å². The van der Waals surface area contributed by atoms with Gasteiger partial charge in [0.05, 0.1) is 0 Å². The van der Waals surface area contributed by atoms with E-state index in [1.54, 1.807) is 0 Å². The Balaban J connectivity index is 2.41. The smallest absolute Gasteiger partial charge is 0.0329 e. The monoisotopic (exact) mass is 318 g/mol. The van der Waals surface area contributed by atoms with Crippen molar-refractivity contribution in [3.8, 4) is 0 Å². The number of halogens is 1. The molecule has 1 aliphatic rings. The molecular weight excluding hydrogens is 304 g/mol. The Bertz CT molecular complexity index is 629. The maximum Gasteiger partial charge on any atom is 0.0329 e. The standard InChI is InChI=1S/C16H15BrS/c17-16-14-7-3-1-5-11(14)13(9-10-18)12-6-2-4-8-15(12)16/h1,3-5,7-8,18H,2,6,9-10H2. The van der Waals surface area contributed by atoms with Crippen molar-refractivity contribution in [2.24, 2.45) is 0 Å². The van der Waals surface area contributed by atoms with Crippen LogP contribution in [0.2, 0.25) is 0 Å². The molecule has 0 saturated carbocycles. The summed E-state index contributed by atoms with van der Waals surface area (Å²) in [5.41, 5.74) is 4.37. The molecule has 0 aromatic heterocycles. The zero-order valence-corrected chi connectivity index (χ0v) is 12.6. The molecule has 0 aliphatic heterocycles. The summed E-state index contributed by atoms with van der Waals surface area (Å²) in [5, 5.41) is 2.70. The summed E-state index contributed by atoms with van der Waals surface area (Å²) in [6, 6.07) is 8.67. The van der Waals surface area contributed by atoms with Gasteiger partial charge in [-0.15, -0.1) is 0 Å². The van der Waals surface area contributed by atoms with Crippen molar-refractivity contribution in [2.45, 2.75) is 19.3 Å². The van der Waals surface area contributed by atoms with Crippen molar-refractivity contribution >= 4 is 45.4 Å². The molecule has 0 atom stereocenters. The van der Waals surface area contributed by atoms with E-state index in [4.69, 9.17) is 0 Å². The van der Waals surface area contributed by atoms with E-state index in [0.717, 1.165) is 25.0 Å². The number of rotatable bonds is 2. The SMILES string of the molecule is SCCc1c2c(c(Br)c3ccccc13)C=CCC2. The third-order valence-electron chi connectivity index (χ3n) is 3.62. The fourth-order valence-corrected chi connectivity index (χ4v) is 3.77. The van der Waals surface area contributed by atoms with Crippen molar-refractivity contribution in [3.05, 3.63) is 51.5 Å². The van der Waals surface area contributed by atoms with Crippen molar-refractivity contribution < 1.29 is 0 Å². The molecule has 0 fully saturated rings. The zero-order chi connectivity index (χ0) is 12.5. The number of thiol groups is 1. The van der Waals surface area contributed by atoms with E-state index in [1.165, 1.54) is 31.9 Å². The topological polar surface area (TPSA) is 0 Å². The van der Waals surface area contributed by atoms with Crippen LogP contribution in [0.4, 0.5) is 0 Å². The molecule has 0 unspecified atom stereocenters. The predicted octanol–water partition coefficient (Wildman–Crippen LogP) is 5.03. The summed E-state index contributed by atoms with van der Waals surface area (Å²) in [4.78, 5) is 0. The van der Waals surface area contributed by atoms with Crippen LogP contribution in [-0.2, 0) is 12.8 Å². The summed E-state index contributed by atoms with van der Waals surface area (Å²) in [5.74, 6) is 0.905. The fourth-order valence-electron chi connectivity index (χ4n) is 2.83. The molecule has 3 rings (SSSR count). The van der Waals surface area contributed by atoms with Gasteiger partial charge in [0, 0.05) is 4.47 Å². The van der Waals surface area contributed by atoms with Crippen LogP contribution in [0.25, 0.3) is 16.8 Å². The summed E-state index contributed by atoms with van der Waals surface area (Å²) in [6.45, 7) is 0. The number of hydrogen-bond acceptors (Lipinski definition) is 1. The summed E-state index contributed by atoms with van der Waals surface area (Å²) >= 11 is 8.20. The van der Waals surface area contributed by atoms with Gasteiger partial charge in [-0.2, -0.15) is 12.6 Å². The van der Waals surface area contributed by atoms with Gasteiger partial charge in [0.2, 0.25) is 0 Å². The molecule has 2 aromatic carbocycles. The molecule has 0 spiro atoms. The van der Waals surface area contributed by atoms with Gasteiger partial charge in [-0.3, -0.25) is 0 Å². The highest BCUT2D eigenvalue weighted by Gasteiger charge is 2.17. The van der Waals surface area contributed by atoms with E-state index in [-0.39, 0.29) is 0 Å². The lowest BCUT2D eigenvalue weighted by Crippen LogP contribution is -2.04. The van der Waals surface area contributed by atoms with E-state index in [9.17, 15) is 0 Å². The molecule has 1 aliphatic carbocycles. The second kappa shape index (κ2) is 5.10. The maximum atomic E-state index is 4.42. The Morgan fingerprint density at radius 3 is 2.72 bits per heavy atom. The van der Waals surface area contributed by atoms with Crippen LogP contribution >= 0.6 is 28.6 Å². The van der Waals surface area contributed by atoms with Crippen LogP contribution in [0.15, 0.2) is 34.8 Å². The molecule has 0 nitrogen and oxygen atoms in total. The zero-order valence-electron chi connectivity index (χ0n) is 10.1. The molecule has 0 amide bonds. The molecule has 0 N–H and O–H groups in total. The van der Waals surface area contributed by atoms with Gasteiger partial charge in [0.25, 0.3) is 0 Å². The third kappa shape index (κ3) is 1.92. The minimum Gasteiger partial charge on any atom is -0.179 e. The van der Waals surface area contributed by atoms with Crippen LogP contribution < -0.4 is 0 Å². The normalized spacial score (nSPS) is 13.9. The lowest BCUT2D eigenvalue weighted by atomic mass is 9.87. The van der Waals surface area contributed by atoms with Crippen molar-refractivity contribution in [3.63, 3.8) is 0 Å². The van der Waals surface area contributed by atoms with Gasteiger partial charge >= 0.3 is 0 Å².